The summed E-state index contributed by atoms with van der Waals surface area (Å²) in [7, 11) is 0. The molecule has 158 valence electrons. The molecule has 2 aromatic heterocycles. The Hall–Kier alpha value is -3.11. The number of para-hydroxylation sites is 2. The fourth-order valence-electron chi connectivity index (χ4n) is 2.89. The number of alkyl halides is 3. The molecule has 1 N–H and O–H groups in total. The van der Waals surface area contributed by atoms with Gasteiger partial charge in [-0.25, -0.2) is 0 Å². The van der Waals surface area contributed by atoms with Crippen molar-refractivity contribution in [2.75, 3.05) is 11.1 Å². The summed E-state index contributed by atoms with van der Waals surface area (Å²) in [6.07, 6.45) is -4.56. The molecule has 0 aliphatic heterocycles. The second-order valence-electron chi connectivity index (χ2n) is 6.33. The molecule has 0 spiro atoms. The molecule has 5 nitrogen and oxygen atoms in total. The van der Waals surface area contributed by atoms with Crippen LogP contribution in [0.2, 0.25) is 0 Å². The number of hydrogen-bond donors (Lipinski definition) is 1. The summed E-state index contributed by atoms with van der Waals surface area (Å²) >= 11 is 2.61. The first-order valence-electron chi connectivity index (χ1n) is 9.07. The van der Waals surface area contributed by atoms with Crippen LogP contribution in [0.4, 0.5) is 18.9 Å². The number of carbonyl (C=O) groups is 1. The van der Waals surface area contributed by atoms with Gasteiger partial charge in [0.25, 0.3) is 0 Å². The lowest BCUT2D eigenvalue weighted by Crippen LogP contribution is -2.18. The smallest absolute Gasteiger partial charge is 0.325 e. The van der Waals surface area contributed by atoms with Crippen LogP contribution in [-0.4, -0.2) is 26.4 Å². The number of amides is 1. The van der Waals surface area contributed by atoms with E-state index in [4.69, 9.17) is 0 Å². The van der Waals surface area contributed by atoms with E-state index in [9.17, 15) is 18.0 Å². The van der Waals surface area contributed by atoms with Crippen LogP contribution in [-0.2, 0) is 11.0 Å². The van der Waals surface area contributed by atoms with E-state index in [1.165, 1.54) is 29.5 Å². The molecule has 0 fully saturated rings. The summed E-state index contributed by atoms with van der Waals surface area (Å²) in [5.41, 5.74) is -0.341. The number of thioether (sulfide) groups is 1. The average molecular weight is 461 g/mol. The molecule has 10 heteroatoms. The number of rotatable bonds is 6. The fraction of sp³-hybridized carbons (Fsp3) is 0.0952. The molecule has 0 bridgehead atoms. The Kier molecular flexibility index (Phi) is 6.10. The largest absolute Gasteiger partial charge is 0.418 e. The standard InChI is InChI=1S/C21H15F3N4OS2/c22-21(23,24)15-9-4-5-10-16(15)25-18(29)13-31-20-27-26-19(17-11-6-12-30-17)28(20)14-7-2-1-3-8-14/h1-12H,13H2,(H,25,29). The van der Waals surface area contributed by atoms with Crippen molar-refractivity contribution in [3.8, 4) is 16.4 Å². The van der Waals surface area contributed by atoms with Crippen molar-refractivity contribution in [3.63, 3.8) is 0 Å². The lowest BCUT2D eigenvalue weighted by Gasteiger charge is -2.13. The monoisotopic (exact) mass is 460 g/mol. The number of thiophene rings is 1. The van der Waals surface area contributed by atoms with E-state index < -0.39 is 17.6 Å². The van der Waals surface area contributed by atoms with Crippen molar-refractivity contribution in [1.82, 2.24) is 14.8 Å². The quantitative estimate of drug-likeness (QED) is 0.373. The molecule has 31 heavy (non-hydrogen) atoms. The molecule has 4 aromatic rings. The van der Waals surface area contributed by atoms with Gasteiger partial charge in [-0.05, 0) is 35.7 Å². The number of hydrogen-bond acceptors (Lipinski definition) is 5. The first kappa shape index (κ1) is 21.1. The molecule has 0 saturated heterocycles. The van der Waals surface area contributed by atoms with E-state index in [0.29, 0.717) is 11.0 Å². The van der Waals surface area contributed by atoms with Crippen LogP contribution in [0.15, 0.2) is 77.3 Å². The Bertz CT molecular complexity index is 1180. The zero-order valence-corrected chi connectivity index (χ0v) is 17.5. The second kappa shape index (κ2) is 8.94. The highest BCUT2D eigenvalue weighted by molar-refractivity contribution is 7.99. The summed E-state index contributed by atoms with van der Waals surface area (Å²) in [6, 6.07) is 18.1. The van der Waals surface area contributed by atoms with Gasteiger partial charge in [0.2, 0.25) is 5.91 Å². The van der Waals surface area contributed by atoms with Gasteiger partial charge in [-0.1, -0.05) is 48.2 Å². The minimum Gasteiger partial charge on any atom is -0.325 e. The third-order valence-corrected chi connectivity index (χ3v) is 6.02. The van der Waals surface area contributed by atoms with Crippen molar-refractivity contribution in [1.29, 1.82) is 0 Å². The van der Waals surface area contributed by atoms with E-state index in [-0.39, 0.29) is 11.4 Å². The van der Waals surface area contributed by atoms with Gasteiger partial charge in [0.15, 0.2) is 11.0 Å². The van der Waals surface area contributed by atoms with E-state index in [0.717, 1.165) is 28.4 Å². The number of benzene rings is 2. The highest BCUT2D eigenvalue weighted by Crippen LogP contribution is 2.35. The van der Waals surface area contributed by atoms with Crippen LogP contribution in [0.1, 0.15) is 5.56 Å². The van der Waals surface area contributed by atoms with Crippen LogP contribution in [0.3, 0.4) is 0 Å². The predicted molar refractivity (Wildman–Crippen MR) is 115 cm³/mol. The Morgan fingerprint density at radius 2 is 1.74 bits per heavy atom. The minimum absolute atomic E-state index is 0.123. The summed E-state index contributed by atoms with van der Waals surface area (Å²) < 4.78 is 41.3. The molecule has 0 aliphatic carbocycles. The first-order valence-corrected chi connectivity index (χ1v) is 10.9. The normalized spacial score (nSPS) is 11.5. The topological polar surface area (TPSA) is 59.8 Å². The maximum Gasteiger partial charge on any atom is 0.418 e. The van der Waals surface area contributed by atoms with Gasteiger partial charge < -0.3 is 5.32 Å². The number of halogens is 3. The Morgan fingerprint density at radius 3 is 2.45 bits per heavy atom. The summed E-state index contributed by atoms with van der Waals surface area (Å²) in [6.45, 7) is 0. The number of nitrogens with one attached hydrogen (secondary N) is 1. The molecule has 2 aromatic carbocycles. The number of nitrogens with zero attached hydrogens (tertiary/aromatic N) is 3. The zero-order valence-electron chi connectivity index (χ0n) is 15.8. The van der Waals surface area contributed by atoms with Crippen LogP contribution in [0, 0.1) is 0 Å². The minimum atomic E-state index is -4.56. The Labute approximate surface area is 183 Å². The van der Waals surface area contributed by atoms with Gasteiger partial charge in [-0.15, -0.1) is 21.5 Å². The lowest BCUT2D eigenvalue weighted by molar-refractivity contribution is -0.137. The van der Waals surface area contributed by atoms with Crippen LogP contribution in [0.5, 0.6) is 0 Å². The number of aromatic nitrogens is 3. The zero-order chi connectivity index (χ0) is 21.8. The number of carbonyl (C=O) groups excluding carboxylic acids is 1. The van der Waals surface area contributed by atoms with E-state index in [1.54, 1.807) is 0 Å². The van der Waals surface area contributed by atoms with Gasteiger partial charge >= 0.3 is 6.18 Å². The van der Waals surface area contributed by atoms with E-state index >= 15 is 0 Å². The maximum absolute atomic E-state index is 13.2. The van der Waals surface area contributed by atoms with Gasteiger partial charge in [0, 0.05) is 5.69 Å². The van der Waals surface area contributed by atoms with Crippen LogP contribution in [0.25, 0.3) is 16.4 Å². The van der Waals surface area contributed by atoms with Crippen LogP contribution < -0.4 is 5.32 Å². The van der Waals surface area contributed by atoms with Crippen molar-refractivity contribution < 1.29 is 18.0 Å². The third-order valence-electron chi connectivity index (χ3n) is 4.23. The van der Waals surface area contributed by atoms with Crippen molar-refractivity contribution in [2.24, 2.45) is 0 Å². The highest BCUT2D eigenvalue weighted by Gasteiger charge is 2.33. The van der Waals surface area contributed by atoms with Crippen molar-refractivity contribution in [2.45, 2.75) is 11.3 Å². The summed E-state index contributed by atoms with van der Waals surface area (Å²) in [5.74, 6) is -0.0600. The average Bonchev–Trinajstić information content (AvgIpc) is 3.42. The maximum atomic E-state index is 13.2. The number of anilines is 1. The Morgan fingerprint density at radius 1 is 1.00 bits per heavy atom. The van der Waals surface area contributed by atoms with Crippen molar-refractivity contribution in [3.05, 3.63) is 77.7 Å². The molecular formula is C21H15F3N4OS2. The molecular weight excluding hydrogens is 445 g/mol. The summed E-state index contributed by atoms with van der Waals surface area (Å²) in [5, 5.41) is 13.2. The molecule has 0 saturated carbocycles. The van der Waals surface area contributed by atoms with Gasteiger partial charge in [0.05, 0.1) is 21.9 Å². The lowest BCUT2D eigenvalue weighted by atomic mass is 10.1. The molecule has 2 heterocycles. The molecule has 0 unspecified atom stereocenters. The van der Waals surface area contributed by atoms with Crippen LogP contribution >= 0.6 is 23.1 Å². The molecule has 0 aliphatic rings. The molecule has 4 rings (SSSR count). The van der Waals surface area contributed by atoms with Gasteiger partial charge in [-0.2, -0.15) is 13.2 Å². The molecule has 0 atom stereocenters. The molecule has 0 radical (unpaired) electrons. The predicted octanol–water partition coefficient (Wildman–Crippen LogP) is 5.75. The summed E-state index contributed by atoms with van der Waals surface area (Å²) in [4.78, 5) is 13.3. The highest BCUT2D eigenvalue weighted by atomic mass is 32.2. The van der Waals surface area contributed by atoms with Gasteiger partial charge in [-0.3, -0.25) is 9.36 Å². The van der Waals surface area contributed by atoms with E-state index in [2.05, 4.69) is 15.5 Å². The molecule has 1 amide bonds. The van der Waals surface area contributed by atoms with Crippen molar-refractivity contribution >= 4 is 34.7 Å². The SMILES string of the molecule is O=C(CSc1nnc(-c2cccs2)n1-c1ccccc1)Nc1ccccc1C(F)(F)F. The second-order valence-corrected chi connectivity index (χ2v) is 8.22. The Balaban J connectivity index is 1.55. The van der Waals surface area contributed by atoms with Gasteiger partial charge in [0.1, 0.15) is 0 Å². The first-order chi connectivity index (χ1) is 14.9. The van der Waals surface area contributed by atoms with E-state index in [1.807, 2.05) is 52.4 Å². The third kappa shape index (κ3) is 4.80. The fourth-order valence-corrected chi connectivity index (χ4v) is 4.34.